The number of nitrogens with zero attached hydrogens (tertiary/aromatic N) is 1. The average molecular weight is 328 g/mol. The van der Waals surface area contributed by atoms with Crippen LogP contribution >= 0.6 is 0 Å². The Bertz CT molecular complexity index is 693. The molecule has 1 atom stereocenters. The first-order valence-electron chi connectivity index (χ1n) is 8.64. The van der Waals surface area contributed by atoms with Crippen molar-refractivity contribution < 1.29 is 14.3 Å². The fourth-order valence-electron chi connectivity index (χ4n) is 4.47. The second kappa shape index (κ2) is 4.98. The normalized spacial score (nSPS) is 24.9. The van der Waals surface area contributed by atoms with E-state index in [1.165, 1.54) is 0 Å². The van der Waals surface area contributed by atoms with Crippen molar-refractivity contribution >= 4 is 17.7 Å². The minimum absolute atomic E-state index is 0.0256. The second-order valence-electron chi connectivity index (χ2n) is 8.56. The number of para-hydroxylation sites is 1. The van der Waals surface area contributed by atoms with E-state index in [1.807, 2.05) is 39.0 Å². The standard InChI is InChI=1S/C19H24N2O3/c1-18(2,3)24-17(23)21-10-19(11-21)8-12(9-19)15-13-6-4-5-7-14(13)20-16(15)22/h4-7,12,15H,8-11H2,1-3H3,(H,20,22). The summed E-state index contributed by atoms with van der Waals surface area (Å²) in [7, 11) is 0. The summed E-state index contributed by atoms with van der Waals surface area (Å²) in [5.41, 5.74) is 1.84. The molecule has 0 bridgehead atoms. The van der Waals surface area contributed by atoms with E-state index in [4.69, 9.17) is 4.74 Å². The van der Waals surface area contributed by atoms with Crippen molar-refractivity contribution in [2.45, 2.75) is 45.1 Å². The number of hydrogen-bond donors (Lipinski definition) is 1. The molecule has 1 N–H and O–H groups in total. The lowest BCUT2D eigenvalue weighted by molar-refractivity contribution is -0.127. The van der Waals surface area contributed by atoms with Crippen LogP contribution in [0.15, 0.2) is 24.3 Å². The Morgan fingerprint density at radius 3 is 2.58 bits per heavy atom. The van der Waals surface area contributed by atoms with Gasteiger partial charge in [0.05, 0.1) is 5.92 Å². The van der Waals surface area contributed by atoms with Crippen molar-refractivity contribution in [2.24, 2.45) is 11.3 Å². The Kier molecular flexibility index (Phi) is 3.21. The van der Waals surface area contributed by atoms with E-state index in [0.717, 1.165) is 37.2 Å². The summed E-state index contributed by atoms with van der Waals surface area (Å²) in [6, 6.07) is 7.97. The molecule has 5 heteroatoms. The quantitative estimate of drug-likeness (QED) is 0.860. The Labute approximate surface area is 142 Å². The van der Waals surface area contributed by atoms with Gasteiger partial charge in [0.1, 0.15) is 5.60 Å². The van der Waals surface area contributed by atoms with Crippen LogP contribution in [-0.4, -0.2) is 35.6 Å². The minimum Gasteiger partial charge on any atom is -0.444 e. The van der Waals surface area contributed by atoms with Gasteiger partial charge in [-0.2, -0.15) is 0 Å². The van der Waals surface area contributed by atoms with Crippen molar-refractivity contribution in [3.05, 3.63) is 29.8 Å². The summed E-state index contributed by atoms with van der Waals surface area (Å²) >= 11 is 0. The van der Waals surface area contributed by atoms with E-state index < -0.39 is 5.60 Å². The maximum absolute atomic E-state index is 12.3. The molecule has 0 aromatic heterocycles. The van der Waals surface area contributed by atoms with Gasteiger partial charge in [0.25, 0.3) is 0 Å². The Balaban J connectivity index is 1.35. The van der Waals surface area contributed by atoms with E-state index in [-0.39, 0.29) is 23.3 Å². The van der Waals surface area contributed by atoms with Gasteiger partial charge in [-0.05, 0) is 51.2 Å². The molecule has 1 unspecified atom stereocenters. The Morgan fingerprint density at radius 1 is 1.25 bits per heavy atom. The van der Waals surface area contributed by atoms with Crippen LogP contribution in [0.4, 0.5) is 10.5 Å². The van der Waals surface area contributed by atoms with Crippen LogP contribution in [0.2, 0.25) is 0 Å². The lowest BCUT2D eigenvalue weighted by atomic mass is 9.54. The zero-order valence-corrected chi connectivity index (χ0v) is 14.5. The third-order valence-corrected chi connectivity index (χ3v) is 5.40. The molecule has 1 aromatic carbocycles. The first kappa shape index (κ1) is 15.5. The van der Waals surface area contributed by atoms with Gasteiger partial charge in [-0.25, -0.2) is 4.79 Å². The predicted octanol–water partition coefficient (Wildman–Crippen LogP) is 3.37. The number of likely N-dealkylation sites (tertiary alicyclic amines) is 1. The van der Waals surface area contributed by atoms with Crippen molar-refractivity contribution in [1.82, 2.24) is 4.90 Å². The first-order chi connectivity index (χ1) is 11.3. The molecular weight excluding hydrogens is 304 g/mol. The number of rotatable bonds is 1. The molecule has 5 nitrogen and oxygen atoms in total. The summed E-state index contributed by atoms with van der Waals surface area (Å²) in [6.45, 7) is 7.17. The maximum atomic E-state index is 12.3. The number of carbonyl (C=O) groups is 2. The number of benzene rings is 1. The summed E-state index contributed by atoms with van der Waals surface area (Å²) in [5, 5.41) is 2.99. The van der Waals surface area contributed by atoms with Crippen molar-refractivity contribution in [3.63, 3.8) is 0 Å². The Hall–Kier alpha value is -2.04. The molecule has 4 rings (SSSR count). The molecule has 1 aromatic rings. The number of ether oxygens (including phenoxy) is 1. The van der Waals surface area contributed by atoms with Gasteiger partial charge in [0.2, 0.25) is 5.91 Å². The van der Waals surface area contributed by atoms with Crippen molar-refractivity contribution in [1.29, 1.82) is 0 Å². The zero-order valence-electron chi connectivity index (χ0n) is 14.5. The van der Waals surface area contributed by atoms with Gasteiger partial charge >= 0.3 is 6.09 Å². The second-order valence-corrected chi connectivity index (χ2v) is 8.56. The van der Waals surface area contributed by atoms with Crippen LogP contribution in [0, 0.1) is 11.3 Å². The highest BCUT2D eigenvalue weighted by atomic mass is 16.6. The molecule has 128 valence electrons. The van der Waals surface area contributed by atoms with E-state index in [0.29, 0.717) is 5.92 Å². The fourth-order valence-corrected chi connectivity index (χ4v) is 4.47. The molecule has 0 radical (unpaired) electrons. The SMILES string of the molecule is CC(C)(C)OC(=O)N1CC2(CC(C3C(=O)Nc4ccccc43)C2)C1. The van der Waals surface area contributed by atoms with Crippen LogP contribution in [0.1, 0.15) is 45.1 Å². The van der Waals surface area contributed by atoms with Crippen LogP contribution in [0.5, 0.6) is 0 Å². The molecule has 2 amide bonds. The van der Waals surface area contributed by atoms with Crippen LogP contribution in [-0.2, 0) is 9.53 Å². The molecule has 1 aliphatic carbocycles. The van der Waals surface area contributed by atoms with Gasteiger partial charge in [-0.3, -0.25) is 4.79 Å². The molecule has 1 saturated heterocycles. The van der Waals surface area contributed by atoms with E-state index in [1.54, 1.807) is 4.90 Å². The van der Waals surface area contributed by atoms with Gasteiger partial charge < -0.3 is 15.0 Å². The molecule has 2 fully saturated rings. The van der Waals surface area contributed by atoms with Crippen LogP contribution < -0.4 is 5.32 Å². The molecule has 3 aliphatic rings. The molecule has 1 spiro atoms. The smallest absolute Gasteiger partial charge is 0.410 e. The highest BCUT2D eigenvalue weighted by Crippen LogP contribution is 2.58. The fraction of sp³-hybridized carbons (Fsp3) is 0.579. The van der Waals surface area contributed by atoms with Gasteiger partial charge in [0.15, 0.2) is 0 Å². The summed E-state index contributed by atoms with van der Waals surface area (Å²) in [4.78, 5) is 26.2. The molecule has 1 saturated carbocycles. The van der Waals surface area contributed by atoms with Gasteiger partial charge in [-0.1, -0.05) is 18.2 Å². The number of nitrogens with one attached hydrogen (secondary N) is 1. The van der Waals surface area contributed by atoms with E-state index >= 15 is 0 Å². The minimum atomic E-state index is -0.451. The monoisotopic (exact) mass is 328 g/mol. The van der Waals surface area contributed by atoms with E-state index in [2.05, 4.69) is 11.4 Å². The zero-order chi connectivity index (χ0) is 17.1. The number of hydrogen-bond acceptors (Lipinski definition) is 3. The predicted molar refractivity (Wildman–Crippen MR) is 90.8 cm³/mol. The molecule has 2 aliphatic heterocycles. The van der Waals surface area contributed by atoms with Crippen LogP contribution in [0.25, 0.3) is 0 Å². The highest BCUT2D eigenvalue weighted by Gasteiger charge is 2.57. The Morgan fingerprint density at radius 2 is 1.92 bits per heavy atom. The summed E-state index contributed by atoms with van der Waals surface area (Å²) in [5.74, 6) is 0.483. The largest absolute Gasteiger partial charge is 0.444 e. The number of amides is 2. The summed E-state index contributed by atoms with van der Waals surface area (Å²) < 4.78 is 5.42. The molecular formula is C19H24N2O3. The maximum Gasteiger partial charge on any atom is 0.410 e. The lowest BCUT2D eigenvalue weighted by Crippen LogP contribution is -2.65. The van der Waals surface area contributed by atoms with Gasteiger partial charge in [0, 0.05) is 24.2 Å². The van der Waals surface area contributed by atoms with Crippen molar-refractivity contribution in [2.75, 3.05) is 18.4 Å². The van der Waals surface area contributed by atoms with E-state index in [9.17, 15) is 9.59 Å². The number of anilines is 1. The van der Waals surface area contributed by atoms with Gasteiger partial charge in [-0.15, -0.1) is 0 Å². The van der Waals surface area contributed by atoms with Crippen molar-refractivity contribution in [3.8, 4) is 0 Å². The topological polar surface area (TPSA) is 58.6 Å². The number of carbonyl (C=O) groups excluding carboxylic acids is 2. The third kappa shape index (κ3) is 2.46. The number of fused-ring (bicyclic) bond motifs is 1. The summed E-state index contributed by atoms with van der Waals surface area (Å²) in [6.07, 6.45) is 1.80. The van der Waals surface area contributed by atoms with Crippen LogP contribution in [0.3, 0.4) is 0 Å². The first-order valence-corrected chi connectivity index (χ1v) is 8.64. The molecule has 24 heavy (non-hydrogen) atoms. The third-order valence-electron chi connectivity index (χ3n) is 5.40. The highest BCUT2D eigenvalue weighted by molar-refractivity contribution is 6.03. The lowest BCUT2D eigenvalue weighted by Gasteiger charge is -2.59. The molecule has 2 heterocycles. The average Bonchev–Trinajstić information content (AvgIpc) is 2.70.